The van der Waals surface area contributed by atoms with E-state index in [2.05, 4.69) is 34.2 Å². The van der Waals surface area contributed by atoms with Gasteiger partial charge in [-0.2, -0.15) is 0 Å². The average molecular weight is 327 g/mol. The maximum atomic E-state index is 5.76. The fourth-order valence-electron chi connectivity index (χ4n) is 2.49. The third-order valence-corrected chi connectivity index (χ3v) is 4.78. The normalized spacial score (nSPS) is 17.0. The molecule has 1 aromatic carbocycles. The van der Waals surface area contributed by atoms with Crippen LogP contribution in [0.4, 0.5) is 5.69 Å². The lowest BCUT2D eigenvalue weighted by molar-refractivity contribution is 0.145. The molecule has 0 atom stereocenters. The Bertz CT molecular complexity index is 450. The minimum Gasteiger partial charge on any atom is -0.389 e. The predicted molar refractivity (Wildman–Crippen MR) is 85.1 cm³/mol. The molecule has 1 fully saturated rings. The van der Waals surface area contributed by atoms with Gasteiger partial charge in [0.05, 0.1) is 0 Å². The van der Waals surface area contributed by atoms with E-state index in [0.29, 0.717) is 10.4 Å². The summed E-state index contributed by atoms with van der Waals surface area (Å²) in [7, 11) is 0. The van der Waals surface area contributed by atoms with E-state index < -0.39 is 0 Å². The predicted octanol–water partition coefficient (Wildman–Crippen LogP) is 4.08. The Morgan fingerprint density at radius 2 is 2.22 bits per heavy atom. The summed E-state index contributed by atoms with van der Waals surface area (Å²) in [6.07, 6.45) is 5.24. The molecule has 0 heterocycles. The highest BCUT2D eigenvalue weighted by Gasteiger charge is 2.34. The molecule has 0 radical (unpaired) electrons. The van der Waals surface area contributed by atoms with Gasteiger partial charge in [0, 0.05) is 22.3 Å². The number of benzene rings is 1. The Morgan fingerprint density at radius 3 is 2.72 bits per heavy atom. The van der Waals surface area contributed by atoms with Crippen molar-refractivity contribution in [2.24, 2.45) is 11.1 Å². The maximum Gasteiger partial charge on any atom is 0.106 e. The second kappa shape index (κ2) is 5.57. The monoisotopic (exact) mass is 326 g/mol. The van der Waals surface area contributed by atoms with Crippen molar-refractivity contribution in [1.29, 1.82) is 0 Å². The Labute approximate surface area is 122 Å². The van der Waals surface area contributed by atoms with Crippen molar-refractivity contribution >= 4 is 38.8 Å². The lowest BCUT2D eigenvalue weighted by Crippen LogP contribution is -2.36. The van der Waals surface area contributed by atoms with Crippen molar-refractivity contribution in [2.75, 3.05) is 11.9 Å². The zero-order valence-electron chi connectivity index (χ0n) is 10.6. The molecule has 1 saturated carbocycles. The van der Waals surface area contributed by atoms with Crippen LogP contribution < -0.4 is 11.1 Å². The fourth-order valence-corrected chi connectivity index (χ4v) is 3.03. The molecular weight excluding hydrogens is 308 g/mol. The van der Waals surface area contributed by atoms with Crippen molar-refractivity contribution < 1.29 is 0 Å². The first-order chi connectivity index (χ1) is 8.56. The molecule has 2 nitrogen and oxygen atoms in total. The topological polar surface area (TPSA) is 38.0 Å². The molecule has 1 aliphatic rings. The fraction of sp³-hybridized carbons (Fsp3) is 0.500. The Kier molecular flexibility index (Phi) is 4.28. The van der Waals surface area contributed by atoms with E-state index in [1.165, 1.54) is 25.7 Å². The van der Waals surface area contributed by atoms with Crippen LogP contribution in [0.15, 0.2) is 22.7 Å². The van der Waals surface area contributed by atoms with Crippen LogP contribution in [0.25, 0.3) is 0 Å². The highest BCUT2D eigenvalue weighted by Crippen LogP contribution is 2.43. The van der Waals surface area contributed by atoms with E-state index in [1.807, 2.05) is 12.1 Å². The molecule has 18 heavy (non-hydrogen) atoms. The van der Waals surface area contributed by atoms with Gasteiger partial charge in [0.1, 0.15) is 4.99 Å². The largest absolute Gasteiger partial charge is 0.389 e. The Hall–Kier alpha value is -0.610. The summed E-state index contributed by atoms with van der Waals surface area (Å²) in [5, 5.41) is 3.53. The summed E-state index contributed by atoms with van der Waals surface area (Å²) < 4.78 is 1.05. The van der Waals surface area contributed by atoms with E-state index in [4.69, 9.17) is 18.0 Å². The first-order valence-electron chi connectivity index (χ1n) is 6.39. The molecule has 0 spiro atoms. The SMILES string of the molecule is CCC1(CNc2cc(Br)ccc2C(N)=S)CCC1. The van der Waals surface area contributed by atoms with Crippen LogP contribution >= 0.6 is 28.1 Å². The van der Waals surface area contributed by atoms with Crippen LogP contribution in [-0.4, -0.2) is 11.5 Å². The number of hydrogen-bond donors (Lipinski definition) is 2. The minimum absolute atomic E-state index is 0.448. The van der Waals surface area contributed by atoms with Gasteiger partial charge >= 0.3 is 0 Å². The number of hydrogen-bond acceptors (Lipinski definition) is 2. The molecule has 0 aliphatic heterocycles. The highest BCUT2D eigenvalue weighted by molar-refractivity contribution is 9.10. The van der Waals surface area contributed by atoms with Crippen LogP contribution in [-0.2, 0) is 0 Å². The second-order valence-corrected chi connectivity index (χ2v) is 6.47. The highest BCUT2D eigenvalue weighted by atomic mass is 79.9. The lowest BCUT2D eigenvalue weighted by atomic mass is 9.67. The molecule has 2 rings (SSSR count). The molecule has 0 amide bonds. The van der Waals surface area contributed by atoms with Crippen molar-refractivity contribution in [1.82, 2.24) is 0 Å². The molecular formula is C14H19BrN2S. The van der Waals surface area contributed by atoms with Gasteiger partial charge in [-0.05, 0) is 42.9 Å². The van der Waals surface area contributed by atoms with Crippen molar-refractivity contribution in [3.8, 4) is 0 Å². The Balaban J connectivity index is 2.12. The first-order valence-corrected chi connectivity index (χ1v) is 7.60. The lowest BCUT2D eigenvalue weighted by Gasteiger charge is -2.41. The van der Waals surface area contributed by atoms with Gasteiger partial charge in [-0.15, -0.1) is 0 Å². The molecule has 0 saturated heterocycles. The third-order valence-electron chi connectivity index (χ3n) is 4.07. The molecule has 0 aromatic heterocycles. The van der Waals surface area contributed by atoms with Crippen LogP contribution in [0.2, 0.25) is 0 Å². The Morgan fingerprint density at radius 1 is 1.50 bits per heavy atom. The number of rotatable bonds is 5. The summed E-state index contributed by atoms with van der Waals surface area (Å²) >= 11 is 8.58. The van der Waals surface area contributed by atoms with E-state index in [-0.39, 0.29) is 0 Å². The van der Waals surface area contributed by atoms with Crippen molar-refractivity contribution in [3.05, 3.63) is 28.2 Å². The quantitative estimate of drug-likeness (QED) is 0.801. The molecule has 1 aromatic rings. The van der Waals surface area contributed by atoms with Gasteiger partial charge in [-0.3, -0.25) is 0 Å². The van der Waals surface area contributed by atoms with Gasteiger partial charge in [0.15, 0.2) is 0 Å². The number of halogens is 1. The molecule has 0 unspecified atom stereocenters. The van der Waals surface area contributed by atoms with Crippen LogP contribution in [0, 0.1) is 5.41 Å². The summed E-state index contributed by atoms with van der Waals surface area (Å²) in [6.45, 7) is 3.28. The molecule has 4 heteroatoms. The van der Waals surface area contributed by atoms with E-state index in [9.17, 15) is 0 Å². The van der Waals surface area contributed by atoms with Crippen LogP contribution in [0.3, 0.4) is 0 Å². The van der Waals surface area contributed by atoms with Gasteiger partial charge < -0.3 is 11.1 Å². The smallest absolute Gasteiger partial charge is 0.106 e. The third kappa shape index (κ3) is 2.86. The zero-order chi connectivity index (χ0) is 13.2. The van der Waals surface area contributed by atoms with E-state index in [1.54, 1.807) is 0 Å². The number of anilines is 1. The second-order valence-electron chi connectivity index (χ2n) is 5.11. The van der Waals surface area contributed by atoms with Crippen LogP contribution in [0.1, 0.15) is 38.2 Å². The van der Waals surface area contributed by atoms with Crippen molar-refractivity contribution in [2.45, 2.75) is 32.6 Å². The molecule has 1 aliphatic carbocycles. The summed E-state index contributed by atoms with van der Waals surface area (Å²) in [4.78, 5) is 0.448. The van der Waals surface area contributed by atoms with Gasteiger partial charge in [0.2, 0.25) is 0 Å². The average Bonchev–Trinajstić information content (AvgIpc) is 2.28. The molecule has 0 bridgehead atoms. The molecule has 3 N–H and O–H groups in total. The zero-order valence-corrected chi connectivity index (χ0v) is 13.0. The first kappa shape index (κ1) is 13.8. The molecule has 98 valence electrons. The number of thiocarbonyl (C=S) groups is 1. The summed E-state index contributed by atoms with van der Waals surface area (Å²) in [6, 6.07) is 5.99. The minimum atomic E-state index is 0.448. The number of nitrogens with one attached hydrogen (secondary N) is 1. The van der Waals surface area contributed by atoms with Gasteiger partial charge in [-0.1, -0.05) is 41.5 Å². The van der Waals surface area contributed by atoms with E-state index >= 15 is 0 Å². The van der Waals surface area contributed by atoms with Gasteiger partial charge in [0.25, 0.3) is 0 Å². The van der Waals surface area contributed by atoms with Crippen molar-refractivity contribution in [3.63, 3.8) is 0 Å². The summed E-state index contributed by atoms with van der Waals surface area (Å²) in [5.41, 5.74) is 8.21. The summed E-state index contributed by atoms with van der Waals surface area (Å²) in [5.74, 6) is 0. The standard InChI is InChI=1S/C14H19BrN2S/c1-2-14(6-3-7-14)9-17-12-8-10(15)4-5-11(12)13(16)18/h4-5,8,17H,2-3,6-7,9H2,1H3,(H2,16,18). The van der Waals surface area contributed by atoms with Gasteiger partial charge in [-0.25, -0.2) is 0 Å². The van der Waals surface area contributed by atoms with Crippen LogP contribution in [0.5, 0.6) is 0 Å². The van der Waals surface area contributed by atoms with E-state index in [0.717, 1.165) is 22.3 Å². The number of nitrogens with two attached hydrogens (primary N) is 1. The maximum absolute atomic E-state index is 5.76.